The number of thioether (sulfide) groups is 1. The summed E-state index contributed by atoms with van der Waals surface area (Å²) >= 11 is 1.42. The minimum absolute atomic E-state index is 0.0417. The first-order valence-electron chi connectivity index (χ1n) is 7.97. The maximum atomic E-state index is 12.1. The molecule has 0 aromatic heterocycles. The summed E-state index contributed by atoms with van der Waals surface area (Å²) in [5, 5.41) is 6.11. The van der Waals surface area contributed by atoms with E-state index >= 15 is 0 Å². The molecular weight excluding hydrogens is 286 g/mol. The van der Waals surface area contributed by atoms with Gasteiger partial charge in [0.2, 0.25) is 11.8 Å². The molecule has 120 valence electrons. The van der Waals surface area contributed by atoms with E-state index in [1.165, 1.54) is 31.0 Å². The van der Waals surface area contributed by atoms with Gasteiger partial charge in [0, 0.05) is 38.6 Å². The molecule has 2 rings (SSSR count). The number of rotatable bonds is 7. The van der Waals surface area contributed by atoms with Crippen LogP contribution in [0.5, 0.6) is 0 Å². The molecule has 0 spiro atoms. The molecule has 2 N–H and O–H groups in total. The Morgan fingerprint density at radius 1 is 1.19 bits per heavy atom. The van der Waals surface area contributed by atoms with Crippen molar-refractivity contribution in [2.75, 3.05) is 38.2 Å². The quantitative estimate of drug-likeness (QED) is 0.731. The summed E-state index contributed by atoms with van der Waals surface area (Å²) in [5.41, 5.74) is 0. The molecule has 0 atom stereocenters. The largest absolute Gasteiger partial charge is 0.355 e. The molecular formula is C15H27N3O2S. The number of amides is 2. The van der Waals surface area contributed by atoms with Crippen LogP contribution in [-0.4, -0.2) is 60.9 Å². The van der Waals surface area contributed by atoms with Crippen LogP contribution in [-0.2, 0) is 9.59 Å². The summed E-state index contributed by atoms with van der Waals surface area (Å²) in [6.45, 7) is 2.75. The van der Waals surface area contributed by atoms with E-state index in [-0.39, 0.29) is 11.8 Å². The molecule has 0 aromatic carbocycles. The van der Waals surface area contributed by atoms with Gasteiger partial charge in [0.1, 0.15) is 0 Å². The lowest BCUT2D eigenvalue weighted by Crippen LogP contribution is -2.48. The van der Waals surface area contributed by atoms with Gasteiger partial charge >= 0.3 is 0 Å². The Hall–Kier alpha value is -0.750. The third kappa shape index (κ3) is 5.51. The summed E-state index contributed by atoms with van der Waals surface area (Å²) in [5.74, 6) is 1.57. The van der Waals surface area contributed by atoms with Crippen molar-refractivity contribution in [1.82, 2.24) is 15.5 Å². The number of nitrogens with zero attached hydrogens (tertiary/aromatic N) is 1. The van der Waals surface area contributed by atoms with Gasteiger partial charge in [0.25, 0.3) is 0 Å². The lowest BCUT2D eigenvalue weighted by Gasteiger charge is -2.31. The number of carbonyl (C=O) groups excluding carboxylic acids is 2. The zero-order valence-electron chi connectivity index (χ0n) is 12.9. The minimum atomic E-state index is 0.0417. The van der Waals surface area contributed by atoms with Gasteiger partial charge in [0.05, 0.1) is 11.5 Å². The molecule has 2 aliphatic rings. The first-order chi connectivity index (χ1) is 10.2. The Morgan fingerprint density at radius 2 is 1.90 bits per heavy atom. The summed E-state index contributed by atoms with van der Waals surface area (Å²) in [6, 6.07) is 0.409. The van der Waals surface area contributed by atoms with Crippen LogP contribution in [0.25, 0.3) is 0 Å². The van der Waals surface area contributed by atoms with Crippen molar-refractivity contribution < 1.29 is 9.59 Å². The first-order valence-corrected chi connectivity index (χ1v) is 9.13. The van der Waals surface area contributed by atoms with Crippen LogP contribution in [0.2, 0.25) is 0 Å². The molecule has 1 heterocycles. The van der Waals surface area contributed by atoms with Crippen molar-refractivity contribution in [3.8, 4) is 0 Å². The SMILES string of the molecule is CN(C(=O)CSCC(=O)NCC1CNC1)C1CCCCC1. The van der Waals surface area contributed by atoms with Crippen molar-refractivity contribution in [2.24, 2.45) is 5.92 Å². The molecule has 1 aliphatic heterocycles. The lowest BCUT2D eigenvalue weighted by molar-refractivity contribution is -0.129. The van der Waals surface area contributed by atoms with Gasteiger partial charge in [0.15, 0.2) is 0 Å². The third-order valence-corrected chi connectivity index (χ3v) is 5.35. The molecule has 21 heavy (non-hydrogen) atoms. The van der Waals surface area contributed by atoms with Gasteiger partial charge in [-0.15, -0.1) is 11.8 Å². The zero-order chi connectivity index (χ0) is 15.1. The topological polar surface area (TPSA) is 61.4 Å². The normalized spacial score (nSPS) is 19.9. The van der Waals surface area contributed by atoms with Gasteiger partial charge in [-0.1, -0.05) is 19.3 Å². The predicted molar refractivity (Wildman–Crippen MR) is 86.3 cm³/mol. The Morgan fingerprint density at radius 3 is 2.52 bits per heavy atom. The van der Waals surface area contributed by atoms with E-state index in [4.69, 9.17) is 0 Å². The van der Waals surface area contributed by atoms with Crippen molar-refractivity contribution in [1.29, 1.82) is 0 Å². The molecule has 1 aliphatic carbocycles. The van der Waals surface area contributed by atoms with Crippen LogP contribution >= 0.6 is 11.8 Å². The van der Waals surface area contributed by atoms with Crippen LogP contribution in [0.15, 0.2) is 0 Å². The monoisotopic (exact) mass is 313 g/mol. The van der Waals surface area contributed by atoms with Gasteiger partial charge < -0.3 is 15.5 Å². The van der Waals surface area contributed by atoms with Gasteiger partial charge in [-0.25, -0.2) is 0 Å². The second-order valence-corrected chi connectivity index (χ2v) is 7.10. The summed E-state index contributed by atoms with van der Waals surface area (Å²) < 4.78 is 0. The van der Waals surface area contributed by atoms with Gasteiger partial charge in [-0.3, -0.25) is 9.59 Å². The summed E-state index contributed by atoms with van der Waals surface area (Å²) in [6.07, 6.45) is 6.01. The number of nitrogens with one attached hydrogen (secondary N) is 2. The molecule has 6 heteroatoms. The Balaban J connectivity index is 1.56. The highest BCUT2D eigenvalue weighted by atomic mass is 32.2. The molecule has 1 saturated carbocycles. The molecule has 0 unspecified atom stereocenters. The molecule has 1 saturated heterocycles. The highest BCUT2D eigenvalue weighted by Crippen LogP contribution is 2.22. The smallest absolute Gasteiger partial charge is 0.232 e. The fourth-order valence-corrected chi connectivity index (χ4v) is 3.57. The maximum Gasteiger partial charge on any atom is 0.232 e. The average molecular weight is 313 g/mol. The molecule has 5 nitrogen and oxygen atoms in total. The summed E-state index contributed by atoms with van der Waals surface area (Å²) in [4.78, 5) is 25.7. The van der Waals surface area contributed by atoms with Gasteiger partial charge in [-0.2, -0.15) is 0 Å². The van der Waals surface area contributed by atoms with Crippen molar-refractivity contribution in [3.05, 3.63) is 0 Å². The number of hydrogen-bond donors (Lipinski definition) is 2. The molecule has 2 fully saturated rings. The van der Waals surface area contributed by atoms with Crippen LogP contribution in [0.4, 0.5) is 0 Å². The lowest BCUT2D eigenvalue weighted by atomic mass is 9.94. The van der Waals surface area contributed by atoms with E-state index in [1.807, 2.05) is 11.9 Å². The van der Waals surface area contributed by atoms with Crippen molar-refractivity contribution >= 4 is 23.6 Å². The van der Waals surface area contributed by atoms with Crippen molar-refractivity contribution in [2.45, 2.75) is 38.1 Å². The first kappa shape index (κ1) is 16.6. The zero-order valence-corrected chi connectivity index (χ0v) is 13.7. The predicted octanol–water partition coefficient (Wildman–Crippen LogP) is 0.846. The highest BCUT2D eigenvalue weighted by molar-refractivity contribution is 8.00. The van der Waals surface area contributed by atoms with Gasteiger partial charge in [-0.05, 0) is 12.8 Å². The standard InChI is InChI=1S/C15H27N3O2S/c1-18(13-5-3-2-4-6-13)15(20)11-21-10-14(19)17-9-12-7-16-8-12/h12-13,16H,2-11H2,1H3,(H,17,19). The Labute approximate surface area is 131 Å². The molecule has 0 bridgehead atoms. The second-order valence-electron chi connectivity index (χ2n) is 6.12. The van der Waals surface area contributed by atoms with Crippen LogP contribution in [0, 0.1) is 5.92 Å². The third-order valence-electron chi connectivity index (χ3n) is 4.43. The number of hydrogen-bond acceptors (Lipinski definition) is 4. The second kappa shape index (κ2) is 8.63. The van der Waals surface area contributed by atoms with E-state index in [0.717, 1.165) is 32.5 Å². The molecule has 0 aromatic rings. The Kier molecular flexibility index (Phi) is 6.83. The van der Waals surface area contributed by atoms with E-state index in [0.29, 0.717) is 23.5 Å². The summed E-state index contributed by atoms with van der Waals surface area (Å²) in [7, 11) is 1.91. The molecule has 2 amide bonds. The van der Waals surface area contributed by atoms with Crippen molar-refractivity contribution in [3.63, 3.8) is 0 Å². The highest BCUT2D eigenvalue weighted by Gasteiger charge is 2.22. The average Bonchev–Trinajstić information content (AvgIpc) is 2.45. The number of carbonyl (C=O) groups is 2. The van der Waals surface area contributed by atoms with E-state index in [9.17, 15) is 9.59 Å². The van der Waals surface area contributed by atoms with Crippen LogP contribution < -0.4 is 10.6 Å². The maximum absolute atomic E-state index is 12.1. The van der Waals surface area contributed by atoms with E-state index in [1.54, 1.807) is 0 Å². The molecule has 0 radical (unpaired) electrons. The fraction of sp³-hybridized carbons (Fsp3) is 0.867. The van der Waals surface area contributed by atoms with E-state index < -0.39 is 0 Å². The fourth-order valence-electron chi connectivity index (χ4n) is 2.81. The van der Waals surface area contributed by atoms with E-state index in [2.05, 4.69) is 10.6 Å². The van der Waals surface area contributed by atoms with Crippen LogP contribution in [0.3, 0.4) is 0 Å². The Bertz CT molecular complexity index is 355. The minimum Gasteiger partial charge on any atom is -0.355 e. The van der Waals surface area contributed by atoms with Crippen LogP contribution in [0.1, 0.15) is 32.1 Å².